The molecule has 1 unspecified atom stereocenters. The van der Waals surface area contributed by atoms with Crippen LogP contribution in [0.1, 0.15) is 39.0 Å². The van der Waals surface area contributed by atoms with Gasteiger partial charge in [0.2, 0.25) is 0 Å². The minimum atomic E-state index is 0.822. The van der Waals surface area contributed by atoms with Gasteiger partial charge in [0.15, 0.2) is 0 Å². The molecule has 0 amide bonds. The number of hydrogen-bond acceptors (Lipinski definition) is 2. The molecular formula is C12H24N2. The Bertz CT molecular complexity index is 158. The molecule has 1 aliphatic heterocycles. The lowest BCUT2D eigenvalue weighted by atomic mass is 10.1. The van der Waals surface area contributed by atoms with Gasteiger partial charge >= 0.3 is 0 Å². The highest BCUT2D eigenvalue weighted by atomic mass is 15.2. The van der Waals surface area contributed by atoms with Crippen molar-refractivity contribution in [3.63, 3.8) is 0 Å². The SMILES string of the molecule is CCN(CC1CC1)C1CCCCNC1. The molecule has 1 saturated carbocycles. The Morgan fingerprint density at radius 2 is 2.07 bits per heavy atom. The monoisotopic (exact) mass is 196 g/mol. The van der Waals surface area contributed by atoms with Crippen LogP contribution in [0.5, 0.6) is 0 Å². The predicted molar refractivity (Wildman–Crippen MR) is 60.5 cm³/mol. The van der Waals surface area contributed by atoms with Gasteiger partial charge in [0.25, 0.3) is 0 Å². The first kappa shape index (κ1) is 10.4. The zero-order valence-corrected chi connectivity index (χ0v) is 9.47. The zero-order chi connectivity index (χ0) is 9.80. The van der Waals surface area contributed by atoms with Crippen LogP contribution in [0, 0.1) is 5.92 Å². The molecule has 2 heteroatoms. The molecule has 0 aromatic rings. The summed E-state index contributed by atoms with van der Waals surface area (Å²) < 4.78 is 0. The van der Waals surface area contributed by atoms with Crippen LogP contribution >= 0.6 is 0 Å². The maximum atomic E-state index is 3.56. The van der Waals surface area contributed by atoms with Crippen LogP contribution in [0.3, 0.4) is 0 Å². The Morgan fingerprint density at radius 1 is 1.21 bits per heavy atom. The highest BCUT2D eigenvalue weighted by Crippen LogP contribution is 2.30. The summed E-state index contributed by atoms with van der Waals surface area (Å²) in [5.41, 5.74) is 0. The molecule has 82 valence electrons. The standard InChI is InChI=1S/C12H24N2/c1-2-14(10-11-6-7-11)12-5-3-4-8-13-9-12/h11-13H,2-10H2,1H3. The van der Waals surface area contributed by atoms with E-state index >= 15 is 0 Å². The van der Waals surface area contributed by atoms with Crippen LogP contribution in [0.25, 0.3) is 0 Å². The van der Waals surface area contributed by atoms with Gasteiger partial charge in [0.1, 0.15) is 0 Å². The van der Waals surface area contributed by atoms with Crippen LogP contribution in [-0.4, -0.2) is 37.1 Å². The third-order valence-corrected chi connectivity index (χ3v) is 3.63. The number of rotatable bonds is 4. The number of likely N-dealkylation sites (N-methyl/N-ethyl adjacent to an activating group) is 1. The largest absolute Gasteiger partial charge is 0.315 e. The van der Waals surface area contributed by atoms with Crippen molar-refractivity contribution in [1.29, 1.82) is 0 Å². The second-order valence-electron chi connectivity index (χ2n) is 4.88. The van der Waals surface area contributed by atoms with E-state index in [2.05, 4.69) is 17.1 Å². The van der Waals surface area contributed by atoms with Crippen LogP contribution in [0.15, 0.2) is 0 Å². The van der Waals surface area contributed by atoms with Gasteiger partial charge in [0, 0.05) is 19.1 Å². The van der Waals surface area contributed by atoms with Crippen molar-refractivity contribution >= 4 is 0 Å². The van der Waals surface area contributed by atoms with Crippen molar-refractivity contribution in [1.82, 2.24) is 10.2 Å². The molecule has 0 aromatic carbocycles. The number of hydrogen-bond donors (Lipinski definition) is 1. The number of nitrogens with one attached hydrogen (secondary N) is 1. The van der Waals surface area contributed by atoms with Crippen molar-refractivity contribution in [2.45, 2.75) is 45.1 Å². The summed E-state index contributed by atoms with van der Waals surface area (Å²) in [6.45, 7) is 7.37. The second kappa shape index (κ2) is 5.13. The van der Waals surface area contributed by atoms with E-state index in [1.807, 2.05) is 0 Å². The van der Waals surface area contributed by atoms with Crippen LogP contribution in [0.4, 0.5) is 0 Å². The normalized spacial score (nSPS) is 29.1. The zero-order valence-electron chi connectivity index (χ0n) is 9.47. The quantitative estimate of drug-likeness (QED) is 0.738. The fourth-order valence-electron chi connectivity index (χ4n) is 2.48. The Kier molecular flexibility index (Phi) is 3.82. The first-order valence-corrected chi connectivity index (χ1v) is 6.35. The second-order valence-corrected chi connectivity index (χ2v) is 4.88. The van der Waals surface area contributed by atoms with Gasteiger partial charge in [-0.3, -0.25) is 4.90 Å². The highest BCUT2D eigenvalue weighted by molar-refractivity contribution is 4.82. The average Bonchev–Trinajstić information content (AvgIpc) is 3.01. The molecule has 0 spiro atoms. The van der Waals surface area contributed by atoms with Crippen LogP contribution in [0.2, 0.25) is 0 Å². The summed E-state index contributed by atoms with van der Waals surface area (Å²) in [5, 5.41) is 3.56. The first-order chi connectivity index (χ1) is 6.90. The van der Waals surface area contributed by atoms with E-state index in [-0.39, 0.29) is 0 Å². The van der Waals surface area contributed by atoms with Crippen molar-refractivity contribution in [3.8, 4) is 0 Å². The molecule has 2 nitrogen and oxygen atoms in total. The molecule has 0 aromatic heterocycles. The smallest absolute Gasteiger partial charge is 0.0220 e. The maximum absolute atomic E-state index is 3.56. The molecule has 1 N–H and O–H groups in total. The van der Waals surface area contributed by atoms with E-state index in [9.17, 15) is 0 Å². The first-order valence-electron chi connectivity index (χ1n) is 6.35. The Morgan fingerprint density at radius 3 is 2.79 bits per heavy atom. The molecule has 1 saturated heterocycles. The fourth-order valence-corrected chi connectivity index (χ4v) is 2.48. The third-order valence-electron chi connectivity index (χ3n) is 3.63. The van der Waals surface area contributed by atoms with Gasteiger partial charge in [-0.2, -0.15) is 0 Å². The van der Waals surface area contributed by atoms with Crippen LogP contribution in [-0.2, 0) is 0 Å². The van der Waals surface area contributed by atoms with E-state index in [1.54, 1.807) is 0 Å². The summed E-state index contributed by atoms with van der Waals surface area (Å²) in [4.78, 5) is 2.70. The lowest BCUT2D eigenvalue weighted by Gasteiger charge is -2.29. The third kappa shape index (κ3) is 2.96. The van der Waals surface area contributed by atoms with Crippen LogP contribution < -0.4 is 5.32 Å². The average molecular weight is 196 g/mol. The summed E-state index contributed by atoms with van der Waals surface area (Å²) >= 11 is 0. The molecule has 2 aliphatic rings. The molecule has 14 heavy (non-hydrogen) atoms. The Hall–Kier alpha value is -0.0800. The minimum absolute atomic E-state index is 0.822. The van der Waals surface area contributed by atoms with Gasteiger partial charge in [-0.25, -0.2) is 0 Å². The van der Waals surface area contributed by atoms with E-state index < -0.39 is 0 Å². The minimum Gasteiger partial charge on any atom is -0.315 e. The molecule has 1 atom stereocenters. The molecule has 1 aliphatic carbocycles. The lowest BCUT2D eigenvalue weighted by molar-refractivity contribution is 0.189. The topological polar surface area (TPSA) is 15.3 Å². The Balaban J connectivity index is 1.80. The molecule has 2 fully saturated rings. The van der Waals surface area contributed by atoms with Crippen molar-refractivity contribution in [2.24, 2.45) is 5.92 Å². The van der Waals surface area contributed by atoms with Gasteiger partial charge in [-0.1, -0.05) is 13.3 Å². The molecule has 1 heterocycles. The molecular weight excluding hydrogens is 172 g/mol. The van der Waals surface area contributed by atoms with E-state index in [1.165, 1.54) is 58.3 Å². The van der Waals surface area contributed by atoms with E-state index in [0.717, 1.165) is 12.0 Å². The van der Waals surface area contributed by atoms with Crippen molar-refractivity contribution in [2.75, 3.05) is 26.2 Å². The van der Waals surface area contributed by atoms with Crippen molar-refractivity contribution in [3.05, 3.63) is 0 Å². The molecule has 0 bridgehead atoms. The van der Waals surface area contributed by atoms with Gasteiger partial charge in [-0.05, 0) is 44.7 Å². The number of nitrogens with zero attached hydrogens (tertiary/aromatic N) is 1. The summed E-state index contributed by atoms with van der Waals surface area (Å²) in [5.74, 6) is 1.04. The summed E-state index contributed by atoms with van der Waals surface area (Å²) in [7, 11) is 0. The van der Waals surface area contributed by atoms with Gasteiger partial charge in [0.05, 0.1) is 0 Å². The highest BCUT2D eigenvalue weighted by Gasteiger charge is 2.27. The Labute approximate surface area is 88.1 Å². The van der Waals surface area contributed by atoms with E-state index in [4.69, 9.17) is 0 Å². The maximum Gasteiger partial charge on any atom is 0.0220 e. The summed E-state index contributed by atoms with van der Waals surface area (Å²) in [6, 6.07) is 0.822. The fraction of sp³-hybridized carbons (Fsp3) is 1.00. The van der Waals surface area contributed by atoms with E-state index in [0.29, 0.717) is 0 Å². The molecule has 0 radical (unpaired) electrons. The van der Waals surface area contributed by atoms with Gasteiger partial charge in [-0.15, -0.1) is 0 Å². The summed E-state index contributed by atoms with van der Waals surface area (Å²) in [6.07, 6.45) is 7.16. The lowest BCUT2D eigenvalue weighted by Crippen LogP contribution is -2.42. The van der Waals surface area contributed by atoms with Crippen molar-refractivity contribution < 1.29 is 0 Å². The molecule has 2 rings (SSSR count). The predicted octanol–water partition coefficient (Wildman–Crippen LogP) is 1.86. The van der Waals surface area contributed by atoms with Gasteiger partial charge < -0.3 is 5.32 Å².